The number of anilines is 1. The van der Waals surface area contributed by atoms with Crippen LogP contribution < -0.4 is 5.32 Å². The van der Waals surface area contributed by atoms with Crippen molar-refractivity contribution in [2.75, 3.05) is 25.0 Å². The van der Waals surface area contributed by atoms with Crippen molar-refractivity contribution in [1.82, 2.24) is 4.90 Å². The number of benzene rings is 1. The second-order valence-corrected chi connectivity index (χ2v) is 7.21. The van der Waals surface area contributed by atoms with Crippen LogP contribution in [0.1, 0.15) is 46.1 Å². The summed E-state index contributed by atoms with van der Waals surface area (Å²) in [6.07, 6.45) is 2.26. The minimum atomic E-state index is 0.0766. The molecule has 1 heterocycles. The van der Waals surface area contributed by atoms with Crippen molar-refractivity contribution in [2.24, 2.45) is 5.92 Å². The van der Waals surface area contributed by atoms with Gasteiger partial charge in [0.05, 0.1) is 6.54 Å². The zero-order valence-electron chi connectivity index (χ0n) is 13.8. The molecule has 2 rings (SSSR count). The van der Waals surface area contributed by atoms with Gasteiger partial charge in [-0.3, -0.25) is 4.79 Å². The van der Waals surface area contributed by atoms with E-state index in [0.717, 1.165) is 37.5 Å². The Bertz CT molecular complexity index is 482. The topological polar surface area (TPSA) is 32.3 Å². The second kappa shape index (κ2) is 6.50. The van der Waals surface area contributed by atoms with E-state index in [2.05, 4.69) is 51.2 Å². The molecule has 116 valence electrons. The van der Waals surface area contributed by atoms with Crippen molar-refractivity contribution >= 4 is 11.6 Å². The van der Waals surface area contributed by atoms with Crippen molar-refractivity contribution in [3.05, 3.63) is 29.8 Å². The summed E-state index contributed by atoms with van der Waals surface area (Å²) < 4.78 is 0. The highest BCUT2D eigenvalue weighted by molar-refractivity contribution is 5.81. The van der Waals surface area contributed by atoms with Crippen molar-refractivity contribution in [3.8, 4) is 0 Å². The van der Waals surface area contributed by atoms with E-state index in [-0.39, 0.29) is 11.3 Å². The van der Waals surface area contributed by atoms with Crippen LogP contribution in [0.3, 0.4) is 0 Å². The van der Waals surface area contributed by atoms with E-state index >= 15 is 0 Å². The second-order valence-electron chi connectivity index (χ2n) is 7.21. The fourth-order valence-corrected chi connectivity index (χ4v) is 2.83. The Hall–Kier alpha value is -1.51. The Balaban J connectivity index is 1.96. The smallest absolute Gasteiger partial charge is 0.241 e. The lowest BCUT2D eigenvalue weighted by atomic mass is 9.86. The van der Waals surface area contributed by atoms with Gasteiger partial charge in [-0.1, -0.05) is 45.9 Å². The van der Waals surface area contributed by atoms with Gasteiger partial charge >= 0.3 is 0 Å². The number of para-hydroxylation sites is 1. The van der Waals surface area contributed by atoms with Gasteiger partial charge in [-0.05, 0) is 35.8 Å². The van der Waals surface area contributed by atoms with E-state index in [0.29, 0.717) is 6.54 Å². The van der Waals surface area contributed by atoms with E-state index in [1.54, 1.807) is 0 Å². The van der Waals surface area contributed by atoms with Crippen LogP contribution in [0.25, 0.3) is 0 Å². The number of nitrogens with one attached hydrogen (secondary N) is 1. The Morgan fingerprint density at radius 3 is 2.48 bits per heavy atom. The lowest BCUT2D eigenvalue weighted by molar-refractivity contribution is -0.130. The molecule has 0 aromatic heterocycles. The number of nitrogens with zero attached hydrogens (tertiary/aromatic N) is 1. The Morgan fingerprint density at radius 1 is 1.24 bits per heavy atom. The highest BCUT2D eigenvalue weighted by atomic mass is 16.2. The molecule has 0 atom stereocenters. The van der Waals surface area contributed by atoms with Crippen LogP contribution in [0.4, 0.5) is 5.69 Å². The molecule has 3 heteroatoms. The van der Waals surface area contributed by atoms with Crippen molar-refractivity contribution in [2.45, 2.75) is 46.0 Å². The molecule has 1 aliphatic heterocycles. The summed E-state index contributed by atoms with van der Waals surface area (Å²) in [6.45, 7) is 11.1. The standard InChI is InChI=1S/C18H28N2O/c1-14-9-11-20(12-10-14)17(21)13-19-16-8-6-5-7-15(16)18(2,3)4/h5-8,14,19H,9-13H2,1-4H3. The maximum Gasteiger partial charge on any atom is 0.241 e. The van der Waals surface area contributed by atoms with Crippen LogP contribution in [0.15, 0.2) is 24.3 Å². The van der Waals surface area contributed by atoms with Gasteiger partial charge in [0.1, 0.15) is 0 Å². The summed E-state index contributed by atoms with van der Waals surface area (Å²) >= 11 is 0. The third kappa shape index (κ3) is 4.23. The first-order chi connectivity index (χ1) is 9.88. The van der Waals surface area contributed by atoms with Crippen molar-refractivity contribution in [1.29, 1.82) is 0 Å². The molecule has 1 saturated heterocycles. The fourth-order valence-electron chi connectivity index (χ4n) is 2.83. The van der Waals surface area contributed by atoms with E-state index < -0.39 is 0 Å². The third-order valence-electron chi connectivity index (χ3n) is 4.30. The van der Waals surface area contributed by atoms with Crippen LogP contribution in [-0.4, -0.2) is 30.4 Å². The predicted molar refractivity (Wildman–Crippen MR) is 88.6 cm³/mol. The van der Waals surface area contributed by atoms with Crippen LogP contribution in [0.5, 0.6) is 0 Å². The number of rotatable bonds is 3. The summed E-state index contributed by atoms with van der Waals surface area (Å²) in [6, 6.07) is 8.27. The molecule has 1 N–H and O–H groups in total. The number of piperidine rings is 1. The summed E-state index contributed by atoms with van der Waals surface area (Å²) in [5.74, 6) is 0.967. The van der Waals surface area contributed by atoms with Gasteiger partial charge in [0.15, 0.2) is 0 Å². The van der Waals surface area contributed by atoms with E-state index in [4.69, 9.17) is 0 Å². The molecule has 21 heavy (non-hydrogen) atoms. The van der Waals surface area contributed by atoms with Gasteiger partial charge in [0, 0.05) is 18.8 Å². The van der Waals surface area contributed by atoms with Crippen LogP contribution in [0.2, 0.25) is 0 Å². The first kappa shape index (κ1) is 15.9. The van der Waals surface area contributed by atoms with Gasteiger partial charge in [-0.25, -0.2) is 0 Å². The van der Waals surface area contributed by atoms with E-state index in [9.17, 15) is 4.79 Å². The molecule has 0 saturated carbocycles. The summed E-state index contributed by atoms with van der Waals surface area (Å²) in [7, 11) is 0. The maximum atomic E-state index is 12.3. The zero-order valence-corrected chi connectivity index (χ0v) is 13.8. The Labute approximate surface area is 128 Å². The summed E-state index contributed by atoms with van der Waals surface area (Å²) in [5.41, 5.74) is 2.40. The lowest BCUT2D eigenvalue weighted by Crippen LogP contribution is -2.41. The van der Waals surface area contributed by atoms with Gasteiger partial charge in [-0.2, -0.15) is 0 Å². The Kier molecular flexibility index (Phi) is 4.92. The molecule has 0 spiro atoms. The molecular weight excluding hydrogens is 260 g/mol. The van der Waals surface area contributed by atoms with Gasteiger partial charge < -0.3 is 10.2 Å². The van der Waals surface area contributed by atoms with Crippen molar-refractivity contribution < 1.29 is 4.79 Å². The first-order valence-electron chi connectivity index (χ1n) is 7.99. The highest BCUT2D eigenvalue weighted by Gasteiger charge is 2.21. The quantitative estimate of drug-likeness (QED) is 0.920. The molecule has 0 aliphatic carbocycles. The SMILES string of the molecule is CC1CCN(C(=O)CNc2ccccc2C(C)(C)C)CC1. The normalized spacial score (nSPS) is 16.9. The molecule has 1 aromatic rings. The summed E-state index contributed by atoms with van der Waals surface area (Å²) in [4.78, 5) is 14.3. The minimum Gasteiger partial charge on any atom is -0.376 e. The molecule has 1 fully saturated rings. The van der Waals surface area contributed by atoms with E-state index in [1.807, 2.05) is 11.0 Å². The Morgan fingerprint density at radius 2 is 1.86 bits per heavy atom. The zero-order chi connectivity index (χ0) is 15.5. The highest BCUT2D eigenvalue weighted by Crippen LogP contribution is 2.29. The maximum absolute atomic E-state index is 12.3. The molecular formula is C18H28N2O. The molecule has 3 nitrogen and oxygen atoms in total. The molecule has 0 unspecified atom stereocenters. The molecule has 0 bridgehead atoms. The number of carbonyl (C=O) groups is 1. The monoisotopic (exact) mass is 288 g/mol. The van der Waals surface area contributed by atoms with Crippen LogP contribution in [0, 0.1) is 5.92 Å². The van der Waals surface area contributed by atoms with E-state index in [1.165, 1.54) is 5.56 Å². The first-order valence-corrected chi connectivity index (χ1v) is 7.99. The average molecular weight is 288 g/mol. The van der Waals surface area contributed by atoms with Crippen LogP contribution in [-0.2, 0) is 10.2 Å². The molecule has 0 radical (unpaired) electrons. The van der Waals surface area contributed by atoms with Crippen LogP contribution >= 0.6 is 0 Å². The molecule has 1 aromatic carbocycles. The summed E-state index contributed by atoms with van der Waals surface area (Å²) in [5, 5.41) is 3.34. The minimum absolute atomic E-state index is 0.0766. The molecule has 1 amide bonds. The third-order valence-corrected chi connectivity index (χ3v) is 4.30. The number of hydrogen-bond donors (Lipinski definition) is 1. The average Bonchev–Trinajstić information content (AvgIpc) is 2.45. The number of hydrogen-bond acceptors (Lipinski definition) is 2. The van der Waals surface area contributed by atoms with Gasteiger partial charge in [0.25, 0.3) is 0 Å². The number of carbonyl (C=O) groups excluding carboxylic acids is 1. The predicted octanol–water partition coefficient (Wildman–Crippen LogP) is 3.65. The number of likely N-dealkylation sites (tertiary alicyclic amines) is 1. The largest absolute Gasteiger partial charge is 0.376 e. The van der Waals surface area contributed by atoms with Crippen molar-refractivity contribution in [3.63, 3.8) is 0 Å². The number of amides is 1. The lowest BCUT2D eigenvalue weighted by Gasteiger charge is -2.31. The van der Waals surface area contributed by atoms with Gasteiger partial charge in [-0.15, -0.1) is 0 Å². The van der Waals surface area contributed by atoms with Gasteiger partial charge in [0.2, 0.25) is 5.91 Å². The molecule has 1 aliphatic rings. The fraction of sp³-hybridized carbons (Fsp3) is 0.611.